The first-order valence-electron chi connectivity index (χ1n) is 10.1. The maximum absolute atomic E-state index is 13.0. The number of esters is 1. The summed E-state index contributed by atoms with van der Waals surface area (Å²) in [6, 6.07) is 8.73. The number of nitrogens with zero attached hydrogens (tertiary/aromatic N) is 1. The van der Waals surface area contributed by atoms with E-state index in [4.69, 9.17) is 9.47 Å². The van der Waals surface area contributed by atoms with Crippen molar-refractivity contribution in [2.24, 2.45) is 11.3 Å². The van der Waals surface area contributed by atoms with Crippen LogP contribution in [0.25, 0.3) is 0 Å². The van der Waals surface area contributed by atoms with Crippen molar-refractivity contribution < 1.29 is 19.4 Å². The Morgan fingerprint density at radius 3 is 3.07 bits per heavy atom. The average Bonchev–Trinajstić information content (AvgIpc) is 3.27. The van der Waals surface area contributed by atoms with Gasteiger partial charge < -0.3 is 19.9 Å². The van der Waals surface area contributed by atoms with E-state index in [1.54, 1.807) is 0 Å². The summed E-state index contributed by atoms with van der Waals surface area (Å²) in [6.45, 7) is 1.95. The molecule has 1 aromatic carbocycles. The predicted molar refractivity (Wildman–Crippen MR) is 96.3 cm³/mol. The Bertz CT molecular complexity index is 891. The lowest BCUT2D eigenvalue weighted by Crippen LogP contribution is -2.82. The lowest BCUT2D eigenvalue weighted by molar-refractivity contribution is -0.202. The Balaban J connectivity index is 1.55. The van der Waals surface area contributed by atoms with Crippen molar-refractivity contribution in [3.05, 3.63) is 29.8 Å². The molecule has 3 spiro atoms. The van der Waals surface area contributed by atoms with Gasteiger partial charge in [0, 0.05) is 29.1 Å². The zero-order valence-corrected chi connectivity index (χ0v) is 15.4. The third kappa shape index (κ3) is 1.34. The second-order valence-electron chi connectivity index (χ2n) is 9.47. The molecule has 0 amide bonds. The third-order valence-electron chi connectivity index (χ3n) is 9.00. The van der Waals surface area contributed by atoms with Crippen LogP contribution in [0.1, 0.15) is 24.8 Å². The molecule has 1 aromatic rings. The molecular weight excluding hydrogens is 344 g/mol. The monoisotopic (exact) mass is 368 g/mol. The fourth-order valence-electron chi connectivity index (χ4n) is 8.31. The van der Waals surface area contributed by atoms with Crippen molar-refractivity contribution >= 4 is 11.7 Å². The molecule has 2 unspecified atom stereocenters. The molecule has 4 aliphatic heterocycles. The minimum Gasteiger partial charge on any atom is -0.469 e. The topological polar surface area (TPSA) is 74.3 Å². The van der Waals surface area contributed by atoms with E-state index in [9.17, 15) is 9.90 Å². The Kier molecular flexibility index (Phi) is 2.46. The standard InChI is InChI=1S/C21H24N2O4/c1-26-17(25)12-8-19-15(24)9-21(12)20(11-4-2-3-5-13(11)22-21)6-7-23(18(19)20)10-14-16(19)27-14/h2-5,12,14-16,18,22,24H,6-10H2,1H3/t12-,14-,15-,16-,18-,19?,20+,21?/m0/s1. The molecule has 3 aliphatic carbocycles. The largest absolute Gasteiger partial charge is 0.469 e. The average molecular weight is 368 g/mol. The number of carbonyl (C=O) groups is 1. The molecule has 6 heteroatoms. The number of anilines is 1. The summed E-state index contributed by atoms with van der Waals surface area (Å²) in [5, 5.41) is 15.2. The van der Waals surface area contributed by atoms with Gasteiger partial charge in [-0.15, -0.1) is 0 Å². The molecule has 4 heterocycles. The Morgan fingerprint density at radius 2 is 2.22 bits per heavy atom. The van der Waals surface area contributed by atoms with Crippen LogP contribution in [0.2, 0.25) is 0 Å². The van der Waals surface area contributed by atoms with Crippen molar-refractivity contribution in [3.63, 3.8) is 0 Å². The second-order valence-corrected chi connectivity index (χ2v) is 9.47. The lowest BCUT2D eigenvalue weighted by atomic mass is 9.38. The van der Waals surface area contributed by atoms with Crippen molar-refractivity contribution in [3.8, 4) is 0 Å². The highest BCUT2D eigenvalue weighted by Crippen LogP contribution is 2.76. The molecule has 8 atom stereocenters. The Labute approximate surface area is 157 Å². The molecule has 3 saturated carbocycles. The lowest BCUT2D eigenvalue weighted by Gasteiger charge is -2.69. The summed E-state index contributed by atoms with van der Waals surface area (Å²) < 4.78 is 11.4. The highest BCUT2D eigenvalue weighted by Gasteiger charge is 2.85. The number of fused-ring (bicyclic) bond motifs is 4. The maximum Gasteiger partial charge on any atom is 0.311 e. The van der Waals surface area contributed by atoms with Crippen molar-refractivity contribution in [1.82, 2.24) is 4.90 Å². The summed E-state index contributed by atoms with van der Waals surface area (Å²) in [5.74, 6) is -0.418. The Morgan fingerprint density at radius 1 is 1.37 bits per heavy atom. The van der Waals surface area contributed by atoms with Gasteiger partial charge in [-0.2, -0.15) is 0 Å². The summed E-state index contributed by atoms with van der Waals surface area (Å²) in [4.78, 5) is 15.6. The van der Waals surface area contributed by atoms with Crippen LogP contribution in [0.4, 0.5) is 5.69 Å². The van der Waals surface area contributed by atoms with Crippen LogP contribution in [-0.2, 0) is 19.7 Å². The van der Waals surface area contributed by atoms with Gasteiger partial charge in [0.05, 0.1) is 36.9 Å². The summed E-state index contributed by atoms with van der Waals surface area (Å²) in [6.07, 6.45) is 2.06. The molecule has 8 rings (SSSR count). The number of epoxide rings is 1. The molecule has 142 valence electrons. The quantitative estimate of drug-likeness (QED) is 0.567. The second kappa shape index (κ2) is 4.34. The van der Waals surface area contributed by atoms with Gasteiger partial charge in [-0.05, 0) is 37.4 Å². The van der Waals surface area contributed by atoms with E-state index in [0.29, 0.717) is 12.8 Å². The third-order valence-corrected chi connectivity index (χ3v) is 9.00. The van der Waals surface area contributed by atoms with E-state index in [2.05, 4.69) is 34.5 Å². The van der Waals surface area contributed by atoms with Crippen LogP contribution >= 0.6 is 0 Å². The summed E-state index contributed by atoms with van der Waals surface area (Å²) in [5.41, 5.74) is 1.42. The van der Waals surface area contributed by atoms with E-state index in [1.165, 1.54) is 12.7 Å². The van der Waals surface area contributed by atoms with Crippen LogP contribution in [0.3, 0.4) is 0 Å². The molecular formula is C21H24N2O4. The van der Waals surface area contributed by atoms with Gasteiger partial charge in [0.25, 0.3) is 0 Å². The van der Waals surface area contributed by atoms with E-state index < -0.39 is 11.6 Å². The molecule has 3 saturated heterocycles. The number of piperidine rings is 1. The zero-order chi connectivity index (χ0) is 18.2. The molecule has 6 nitrogen and oxygen atoms in total. The van der Waals surface area contributed by atoms with Crippen molar-refractivity contribution in [2.45, 2.75) is 54.6 Å². The number of rotatable bonds is 1. The van der Waals surface area contributed by atoms with Gasteiger partial charge in [0.15, 0.2) is 0 Å². The van der Waals surface area contributed by atoms with Gasteiger partial charge >= 0.3 is 5.97 Å². The minimum atomic E-state index is -0.480. The fourth-order valence-corrected chi connectivity index (χ4v) is 8.31. The minimum absolute atomic E-state index is 0.0712. The van der Waals surface area contributed by atoms with Crippen LogP contribution in [-0.4, -0.2) is 66.1 Å². The zero-order valence-electron chi connectivity index (χ0n) is 15.4. The van der Waals surface area contributed by atoms with Crippen molar-refractivity contribution in [2.75, 3.05) is 25.5 Å². The van der Waals surface area contributed by atoms with Crippen LogP contribution in [0, 0.1) is 11.3 Å². The van der Waals surface area contributed by atoms with E-state index in [0.717, 1.165) is 25.2 Å². The van der Waals surface area contributed by atoms with E-state index in [1.807, 2.05) is 0 Å². The van der Waals surface area contributed by atoms with Gasteiger partial charge in [-0.3, -0.25) is 9.69 Å². The SMILES string of the molecule is COC(=O)[C@@H]1CC23[C@@H](O)CC14Nc1ccccc1[C@@]41CCN(C[C@@H]4O[C@@H]42)[C@@H]31. The molecule has 2 bridgehead atoms. The van der Waals surface area contributed by atoms with Crippen molar-refractivity contribution in [1.29, 1.82) is 0 Å². The molecule has 7 aliphatic rings. The summed E-state index contributed by atoms with van der Waals surface area (Å²) in [7, 11) is 1.49. The number of ether oxygens (including phenoxy) is 2. The number of aliphatic hydroxyl groups excluding tert-OH is 1. The Hall–Kier alpha value is -1.63. The van der Waals surface area contributed by atoms with Gasteiger partial charge in [-0.1, -0.05) is 18.2 Å². The first-order chi connectivity index (χ1) is 13.1. The van der Waals surface area contributed by atoms with Crippen LogP contribution in [0.5, 0.6) is 0 Å². The van der Waals surface area contributed by atoms with Gasteiger partial charge in [-0.25, -0.2) is 0 Å². The molecule has 27 heavy (non-hydrogen) atoms. The molecule has 0 aromatic heterocycles. The first-order valence-corrected chi connectivity index (χ1v) is 10.1. The number of hydrogen-bond acceptors (Lipinski definition) is 6. The number of para-hydroxylation sites is 1. The number of benzene rings is 1. The fraction of sp³-hybridized carbons (Fsp3) is 0.667. The van der Waals surface area contributed by atoms with Gasteiger partial charge in [0.1, 0.15) is 0 Å². The highest BCUT2D eigenvalue weighted by atomic mass is 16.6. The van der Waals surface area contributed by atoms with Gasteiger partial charge in [0.2, 0.25) is 0 Å². The number of nitrogens with one attached hydrogen (secondary N) is 1. The number of hydrogen-bond donors (Lipinski definition) is 2. The number of carbonyl (C=O) groups excluding carboxylic acids is 1. The molecule has 6 fully saturated rings. The predicted octanol–water partition coefficient (Wildman–Crippen LogP) is 0.888. The van der Waals surface area contributed by atoms with Crippen LogP contribution in [0.15, 0.2) is 24.3 Å². The maximum atomic E-state index is 13.0. The first kappa shape index (κ1) is 15.3. The molecule has 2 N–H and O–H groups in total. The molecule has 0 radical (unpaired) electrons. The number of methoxy groups -OCH3 is 1. The summed E-state index contributed by atoms with van der Waals surface area (Å²) >= 11 is 0. The van der Waals surface area contributed by atoms with Crippen LogP contribution < -0.4 is 5.32 Å². The van der Waals surface area contributed by atoms with E-state index >= 15 is 0 Å². The highest BCUT2D eigenvalue weighted by molar-refractivity contribution is 5.81. The van der Waals surface area contributed by atoms with E-state index in [-0.39, 0.29) is 41.0 Å². The smallest absolute Gasteiger partial charge is 0.311 e. The number of aliphatic hydroxyl groups is 1. The normalized spacial score (nSPS) is 53.0.